The van der Waals surface area contributed by atoms with Crippen LogP contribution in [0.5, 0.6) is 11.5 Å². The Bertz CT molecular complexity index is 694. The third kappa shape index (κ3) is 7.74. The van der Waals surface area contributed by atoms with E-state index in [1.165, 1.54) is 56.1 Å². The summed E-state index contributed by atoms with van der Waals surface area (Å²) in [6, 6.07) is 16.8. The highest BCUT2D eigenvalue weighted by Gasteiger charge is 2.21. The maximum atomic E-state index is 6.01. The average molecular weight is 407 g/mol. The van der Waals surface area contributed by atoms with Crippen molar-refractivity contribution in [2.45, 2.75) is 64.2 Å². The van der Waals surface area contributed by atoms with Crippen molar-refractivity contribution < 1.29 is 9.47 Å². The normalized spacial score (nSPS) is 10.7. The van der Waals surface area contributed by atoms with Crippen molar-refractivity contribution in [1.29, 1.82) is 0 Å². The van der Waals surface area contributed by atoms with Crippen LogP contribution in [0.1, 0.15) is 75.3 Å². The summed E-state index contributed by atoms with van der Waals surface area (Å²) in [5.74, 6) is 2.11. The second-order valence-corrected chi connectivity index (χ2v) is 7.74. The Labute approximate surface area is 183 Å². The van der Waals surface area contributed by atoms with Gasteiger partial charge in [-0.05, 0) is 18.6 Å². The molecule has 2 rings (SSSR count). The second kappa shape index (κ2) is 14.5. The lowest BCUT2D eigenvalue weighted by Crippen LogP contribution is -2.08. The Morgan fingerprint density at radius 1 is 0.700 bits per heavy atom. The molecule has 0 spiro atoms. The zero-order chi connectivity index (χ0) is 21.4. The first-order chi connectivity index (χ1) is 14.8. The van der Waals surface area contributed by atoms with Gasteiger partial charge < -0.3 is 9.47 Å². The SMILES string of the molecule is C=CCOc1ccccc1C(CCCCCCCCC)c1ccccc1OCC=C. The molecule has 0 amide bonds. The van der Waals surface area contributed by atoms with E-state index in [2.05, 4.69) is 56.5 Å². The third-order valence-corrected chi connectivity index (χ3v) is 5.40. The van der Waals surface area contributed by atoms with Crippen LogP contribution in [-0.4, -0.2) is 13.2 Å². The number of hydrogen-bond donors (Lipinski definition) is 0. The van der Waals surface area contributed by atoms with Crippen LogP contribution in [0.15, 0.2) is 73.8 Å². The molecule has 0 aliphatic heterocycles. The smallest absolute Gasteiger partial charge is 0.123 e. The third-order valence-electron chi connectivity index (χ3n) is 5.40. The molecule has 2 aromatic rings. The topological polar surface area (TPSA) is 18.5 Å². The predicted octanol–water partition coefficient (Wildman–Crippen LogP) is 8.09. The minimum atomic E-state index is 0.239. The standard InChI is InChI=1S/C28H38O2/c1-4-7-8-9-10-11-12-17-24(25-18-13-15-20-27(25)29-22-5-2)26-19-14-16-21-28(26)30-23-6-3/h5-6,13-16,18-21,24H,2-4,7-12,17,22-23H2,1H3. The molecule has 2 nitrogen and oxygen atoms in total. The molecule has 30 heavy (non-hydrogen) atoms. The van der Waals surface area contributed by atoms with Crippen LogP contribution in [0, 0.1) is 0 Å². The fraction of sp³-hybridized carbons (Fsp3) is 0.429. The molecule has 162 valence electrons. The zero-order valence-corrected chi connectivity index (χ0v) is 18.7. The molecule has 2 heteroatoms. The van der Waals surface area contributed by atoms with E-state index in [0.29, 0.717) is 13.2 Å². The summed E-state index contributed by atoms with van der Waals surface area (Å²) in [6.07, 6.45) is 13.8. The van der Waals surface area contributed by atoms with Gasteiger partial charge in [0, 0.05) is 17.0 Å². The van der Waals surface area contributed by atoms with E-state index in [-0.39, 0.29) is 5.92 Å². The van der Waals surface area contributed by atoms with E-state index in [9.17, 15) is 0 Å². The summed E-state index contributed by atoms with van der Waals surface area (Å²) >= 11 is 0. The van der Waals surface area contributed by atoms with E-state index in [0.717, 1.165) is 17.9 Å². The highest BCUT2D eigenvalue weighted by Crippen LogP contribution is 2.39. The Balaban J connectivity index is 2.22. The number of ether oxygens (including phenoxy) is 2. The molecule has 0 aromatic heterocycles. The molecule has 0 N–H and O–H groups in total. The van der Waals surface area contributed by atoms with E-state index in [1.807, 2.05) is 12.1 Å². The Morgan fingerprint density at radius 2 is 1.17 bits per heavy atom. The predicted molar refractivity (Wildman–Crippen MR) is 129 cm³/mol. The van der Waals surface area contributed by atoms with Gasteiger partial charge in [0.15, 0.2) is 0 Å². The maximum Gasteiger partial charge on any atom is 0.123 e. The van der Waals surface area contributed by atoms with Crippen LogP contribution in [0.25, 0.3) is 0 Å². The van der Waals surface area contributed by atoms with Crippen molar-refractivity contribution in [2.24, 2.45) is 0 Å². The van der Waals surface area contributed by atoms with Crippen molar-refractivity contribution in [3.8, 4) is 11.5 Å². The number of rotatable bonds is 16. The van der Waals surface area contributed by atoms with E-state index >= 15 is 0 Å². The Morgan fingerprint density at radius 3 is 1.67 bits per heavy atom. The van der Waals surface area contributed by atoms with Gasteiger partial charge in [0.05, 0.1) is 0 Å². The van der Waals surface area contributed by atoms with Crippen LogP contribution >= 0.6 is 0 Å². The van der Waals surface area contributed by atoms with E-state index in [1.54, 1.807) is 12.2 Å². The molecule has 0 aliphatic carbocycles. The van der Waals surface area contributed by atoms with Gasteiger partial charge in [-0.1, -0.05) is 114 Å². The molecular weight excluding hydrogens is 368 g/mol. The van der Waals surface area contributed by atoms with Crippen molar-refractivity contribution in [3.63, 3.8) is 0 Å². The molecule has 0 saturated carbocycles. The van der Waals surface area contributed by atoms with Crippen molar-refractivity contribution in [3.05, 3.63) is 85.0 Å². The zero-order valence-electron chi connectivity index (χ0n) is 18.7. The lowest BCUT2D eigenvalue weighted by Gasteiger charge is -2.23. The lowest BCUT2D eigenvalue weighted by atomic mass is 9.85. The summed E-state index contributed by atoms with van der Waals surface area (Å²) < 4.78 is 12.0. The number of unbranched alkanes of at least 4 members (excludes halogenated alkanes) is 6. The molecule has 0 atom stereocenters. The largest absolute Gasteiger partial charge is 0.489 e. The Hall–Kier alpha value is -2.48. The van der Waals surface area contributed by atoms with Gasteiger partial charge in [-0.2, -0.15) is 0 Å². The quantitative estimate of drug-likeness (QED) is 0.207. The van der Waals surface area contributed by atoms with E-state index < -0.39 is 0 Å². The summed E-state index contributed by atoms with van der Waals surface area (Å²) in [6.45, 7) is 10.9. The molecule has 0 fully saturated rings. The summed E-state index contributed by atoms with van der Waals surface area (Å²) in [5, 5.41) is 0. The van der Waals surface area contributed by atoms with Crippen LogP contribution in [-0.2, 0) is 0 Å². The summed E-state index contributed by atoms with van der Waals surface area (Å²) in [4.78, 5) is 0. The summed E-state index contributed by atoms with van der Waals surface area (Å²) in [7, 11) is 0. The molecule has 0 bridgehead atoms. The molecular formula is C28H38O2. The van der Waals surface area contributed by atoms with Gasteiger partial charge in [0.1, 0.15) is 24.7 Å². The van der Waals surface area contributed by atoms with Crippen LogP contribution in [0.3, 0.4) is 0 Å². The molecule has 2 aromatic carbocycles. The molecule has 0 heterocycles. The fourth-order valence-electron chi connectivity index (χ4n) is 3.88. The van der Waals surface area contributed by atoms with Crippen LogP contribution in [0.2, 0.25) is 0 Å². The minimum absolute atomic E-state index is 0.239. The molecule has 0 radical (unpaired) electrons. The molecule has 0 saturated heterocycles. The maximum absolute atomic E-state index is 6.01. The number of benzene rings is 2. The van der Waals surface area contributed by atoms with Crippen LogP contribution in [0.4, 0.5) is 0 Å². The van der Waals surface area contributed by atoms with Gasteiger partial charge in [-0.15, -0.1) is 0 Å². The second-order valence-electron chi connectivity index (χ2n) is 7.74. The van der Waals surface area contributed by atoms with Crippen molar-refractivity contribution in [2.75, 3.05) is 13.2 Å². The van der Waals surface area contributed by atoms with Gasteiger partial charge in [0.25, 0.3) is 0 Å². The average Bonchev–Trinajstić information content (AvgIpc) is 2.79. The number of hydrogen-bond acceptors (Lipinski definition) is 2. The van der Waals surface area contributed by atoms with E-state index in [4.69, 9.17) is 9.47 Å². The van der Waals surface area contributed by atoms with Crippen molar-refractivity contribution in [1.82, 2.24) is 0 Å². The monoisotopic (exact) mass is 406 g/mol. The first kappa shape index (κ1) is 23.8. The van der Waals surface area contributed by atoms with Crippen LogP contribution < -0.4 is 9.47 Å². The molecule has 0 unspecified atom stereocenters. The van der Waals surface area contributed by atoms with Gasteiger partial charge in [0.2, 0.25) is 0 Å². The van der Waals surface area contributed by atoms with Gasteiger partial charge >= 0.3 is 0 Å². The fourth-order valence-corrected chi connectivity index (χ4v) is 3.88. The first-order valence-corrected chi connectivity index (χ1v) is 11.5. The van der Waals surface area contributed by atoms with Gasteiger partial charge in [-0.3, -0.25) is 0 Å². The molecule has 0 aliphatic rings. The Kier molecular flexibility index (Phi) is 11.5. The van der Waals surface area contributed by atoms with Gasteiger partial charge in [-0.25, -0.2) is 0 Å². The summed E-state index contributed by atoms with van der Waals surface area (Å²) in [5.41, 5.74) is 2.44. The minimum Gasteiger partial charge on any atom is -0.489 e. The first-order valence-electron chi connectivity index (χ1n) is 11.5. The number of para-hydroxylation sites is 2. The lowest BCUT2D eigenvalue weighted by molar-refractivity contribution is 0.349. The van der Waals surface area contributed by atoms with Crippen molar-refractivity contribution >= 4 is 0 Å². The highest BCUT2D eigenvalue weighted by molar-refractivity contribution is 5.47. The highest BCUT2D eigenvalue weighted by atomic mass is 16.5.